The molecular formula is C14H17NO5. The molecule has 1 unspecified atom stereocenters. The highest BCUT2D eigenvalue weighted by Crippen LogP contribution is 2.33. The molecule has 2 aromatic rings. The summed E-state index contributed by atoms with van der Waals surface area (Å²) in [6.07, 6.45) is -5.68. The molecule has 2 heterocycles. The second kappa shape index (κ2) is 5.16. The third-order valence-electron chi connectivity index (χ3n) is 3.75. The lowest BCUT2D eigenvalue weighted by atomic mass is 9.93. The van der Waals surface area contributed by atoms with E-state index in [-0.39, 0.29) is 0 Å². The first kappa shape index (κ1) is 13.5. The molecular weight excluding hydrogens is 262 g/mol. The molecule has 1 aromatic heterocycles. The quantitative estimate of drug-likeness (QED) is 0.518. The fraction of sp³-hybridized carbons (Fsp3) is 0.429. The van der Waals surface area contributed by atoms with Crippen LogP contribution in [-0.4, -0.2) is 56.4 Å². The van der Waals surface area contributed by atoms with Gasteiger partial charge in [-0.2, -0.15) is 0 Å². The highest BCUT2D eigenvalue weighted by Gasteiger charge is 2.44. The number of nitrogens with one attached hydrogen (secondary N) is 1. The number of hydrogen-bond donors (Lipinski definition) is 5. The summed E-state index contributed by atoms with van der Waals surface area (Å²) in [6.45, 7) is -0.429. The third kappa shape index (κ3) is 2.11. The van der Waals surface area contributed by atoms with Crippen molar-refractivity contribution in [3.8, 4) is 0 Å². The van der Waals surface area contributed by atoms with E-state index in [1.807, 2.05) is 30.3 Å². The lowest BCUT2D eigenvalue weighted by Gasteiger charge is -2.39. The Morgan fingerprint density at radius 3 is 2.50 bits per heavy atom. The number of rotatable bonds is 2. The van der Waals surface area contributed by atoms with E-state index in [2.05, 4.69) is 4.98 Å². The summed E-state index contributed by atoms with van der Waals surface area (Å²) in [7, 11) is 0. The molecule has 0 bridgehead atoms. The molecule has 1 fully saturated rings. The van der Waals surface area contributed by atoms with E-state index < -0.39 is 37.1 Å². The monoisotopic (exact) mass is 279 g/mol. The minimum Gasteiger partial charge on any atom is -0.394 e. The van der Waals surface area contributed by atoms with Crippen LogP contribution in [-0.2, 0) is 4.74 Å². The van der Waals surface area contributed by atoms with E-state index in [0.717, 1.165) is 10.9 Å². The van der Waals surface area contributed by atoms with Crippen LogP contribution in [0.1, 0.15) is 11.8 Å². The number of H-pyrrole nitrogens is 1. The van der Waals surface area contributed by atoms with Crippen LogP contribution in [0.2, 0.25) is 0 Å². The van der Waals surface area contributed by atoms with Crippen LogP contribution >= 0.6 is 0 Å². The Labute approximate surface area is 115 Å². The fourth-order valence-electron chi connectivity index (χ4n) is 2.61. The lowest BCUT2D eigenvalue weighted by molar-refractivity contribution is -0.232. The van der Waals surface area contributed by atoms with Gasteiger partial charge in [-0.05, 0) is 17.5 Å². The summed E-state index contributed by atoms with van der Waals surface area (Å²) in [5.41, 5.74) is 1.49. The molecule has 5 N–H and O–H groups in total. The molecule has 20 heavy (non-hydrogen) atoms. The van der Waals surface area contributed by atoms with Gasteiger partial charge in [-0.25, -0.2) is 0 Å². The highest BCUT2D eigenvalue weighted by atomic mass is 16.5. The number of aromatic nitrogens is 1. The summed E-state index contributed by atoms with van der Waals surface area (Å²) in [5, 5.41) is 39.8. The maximum absolute atomic E-state index is 10.1. The Balaban J connectivity index is 1.95. The van der Waals surface area contributed by atoms with E-state index in [1.54, 1.807) is 0 Å². The molecule has 0 saturated carbocycles. The summed E-state index contributed by atoms with van der Waals surface area (Å²) in [6, 6.07) is 9.41. The zero-order chi connectivity index (χ0) is 14.3. The zero-order valence-corrected chi connectivity index (χ0v) is 10.7. The highest BCUT2D eigenvalue weighted by molar-refractivity contribution is 5.80. The zero-order valence-electron chi connectivity index (χ0n) is 10.7. The SMILES string of the molecule is OC[C@H]1OC(c2cc3ccccc3[nH]2)[C@@H](O)[C@@H](O)[C@@H]1O. The van der Waals surface area contributed by atoms with Crippen molar-refractivity contribution in [1.29, 1.82) is 0 Å². The van der Waals surface area contributed by atoms with Gasteiger partial charge >= 0.3 is 0 Å². The molecule has 1 aliphatic rings. The van der Waals surface area contributed by atoms with Gasteiger partial charge in [0.2, 0.25) is 0 Å². The van der Waals surface area contributed by atoms with Crippen molar-refractivity contribution < 1.29 is 25.2 Å². The van der Waals surface area contributed by atoms with Crippen LogP contribution in [0.25, 0.3) is 10.9 Å². The minimum absolute atomic E-state index is 0.429. The topological polar surface area (TPSA) is 106 Å². The lowest BCUT2D eigenvalue weighted by Crippen LogP contribution is -2.55. The molecule has 5 atom stereocenters. The van der Waals surface area contributed by atoms with Crippen LogP contribution in [0.4, 0.5) is 0 Å². The Kier molecular flexibility index (Phi) is 3.49. The number of fused-ring (bicyclic) bond motifs is 1. The molecule has 0 amide bonds. The van der Waals surface area contributed by atoms with Gasteiger partial charge in [0.1, 0.15) is 30.5 Å². The van der Waals surface area contributed by atoms with E-state index in [0.29, 0.717) is 5.69 Å². The van der Waals surface area contributed by atoms with Crippen LogP contribution in [0, 0.1) is 0 Å². The average molecular weight is 279 g/mol. The summed E-state index contributed by atoms with van der Waals surface area (Å²) in [4.78, 5) is 3.12. The molecule has 1 aromatic carbocycles. The van der Waals surface area contributed by atoms with Crippen molar-refractivity contribution in [1.82, 2.24) is 4.98 Å². The normalized spacial score (nSPS) is 34.5. The Morgan fingerprint density at radius 2 is 1.80 bits per heavy atom. The van der Waals surface area contributed by atoms with E-state index >= 15 is 0 Å². The van der Waals surface area contributed by atoms with Gasteiger partial charge in [0.05, 0.1) is 6.61 Å². The molecule has 6 nitrogen and oxygen atoms in total. The number of ether oxygens (including phenoxy) is 1. The van der Waals surface area contributed by atoms with Gasteiger partial charge in [0.25, 0.3) is 0 Å². The van der Waals surface area contributed by atoms with Crippen molar-refractivity contribution >= 4 is 10.9 Å². The Hall–Kier alpha value is -1.44. The predicted molar refractivity (Wildman–Crippen MR) is 71.0 cm³/mol. The predicted octanol–water partition coefficient (Wildman–Crippen LogP) is -0.317. The molecule has 1 saturated heterocycles. The Morgan fingerprint density at radius 1 is 1.05 bits per heavy atom. The summed E-state index contributed by atoms with van der Waals surface area (Å²) in [5.74, 6) is 0. The number of para-hydroxylation sites is 1. The number of aromatic amines is 1. The maximum atomic E-state index is 10.1. The number of benzene rings is 1. The first-order chi connectivity index (χ1) is 9.61. The largest absolute Gasteiger partial charge is 0.394 e. The van der Waals surface area contributed by atoms with Crippen LogP contribution in [0.3, 0.4) is 0 Å². The van der Waals surface area contributed by atoms with Gasteiger partial charge in [0, 0.05) is 11.2 Å². The molecule has 6 heteroatoms. The standard InChI is InChI=1S/C14H17NO5/c16-6-10-11(17)12(18)13(19)14(20-10)9-5-7-3-1-2-4-8(7)15-9/h1-5,10-19H,6H2/t10-,11-,12+,13+,14?/m1/s1. The van der Waals surface area contributed by atoms with E-state index in [4.69, 9.17) is 4.74 Å². The number of hydrogen-bond acceptors (Lipinski definition) is 5. The molecule has 1 aliphatic heterocycles. The smallest absolute Gasteiger partial charge is 0.126 e. The molecule has 0 aliphatic carbocycles. The van der Waals surface area contributed by atoms with E-state index in [9.17, 15) is 20.4 Å². The van der Waals surface area contributed by atoms with Gasteiger partial charge in [-0.3, -0.25) is 0 Å². The van der Waals surface area contributed by atoms with Crippen LogP contribution in [0.15, 0.2) is 30.3 Å². The number of aliphatic hydroxyl groups excluding tert-OH is 4. The van der Waals surface area contributed by atoms with Crippen molar-refractivity contribution in [2.75, 3.05) is 6.61 Å². The summed E-state index contributed by atoms with van der Waals surface area (Å²) < 4.78 is 5.50. The fourth-order valence-corrected chi connectivity index (χ4v) is 2.61. The third-order valence-corrected chi connectivity index (χ3v) is 3.75. The minimum atomic E-state index is -1.36. The van der Waals surface area contributed by atoms with E-state index in [1.165, 1.54) is 0 Å². The van der Waals surface area contributed by atoms with Crippen molar-refractivity contribution in [3.63, 3.8) is 0 Å². The molecule has 3 rings (SSSR count). The number of aliphatic hydroxyl groups is 4. The molecule has 0 spiro atoms. The van der Waals surface area contributed by atoms with Crippen LogP contribution in [0.5, 0.6) is 0 Å². The maximum Gasteiger partial charge on any atom is 0.126 e. The van der Waals surface area contributed by atoms with Crippen molar-refractivity contribution in [3.05, 3.63) is 36.0 Å². The Bertz CT molecular complexity index is 563. The first-order valence-corrected chi connectivity index (χ1v) is 6.50. The van der Waals surface area contributed by atoms with Crippen molar-refractivity contribution in [2.24, 2.45) is 0 Å². The van der Waals surface area contributed by atoms with Gasteiger partial charge < -0.3 is 30.1 Å². The van der Waals surface area contributed by atoms with Gasteiger partial charge in [-0.1, -0.05) is 18.2 Å². The van der Waals surface area contributed by atoms with Crippen LogP contribution < -0.4 is 0 Å². The van der Waals surface area contributed by atoms with Gasteiger partial charge in [-0.15, -0.1) is 0 Å². The second-order valence-electron chi connectivity index (χ2n) is 5.06. The first-order valence-electron chi connectivity index (χ1n) is 6.50. The second-order valence-corrected chi connectivity index (χ2v) is 5.06. The summed E-state index contributed by atoms with van der Waals surface area (Å²) >= 11 is 0. The molecule has 108 valence electrons. The average Bonchev–Trinajstić information content (AvgIpc) is 2.89. The van der Waals surface area contributed by atoms with Gasteiger partial charge in [0.15, 0.2) is 0 Å². The van der Waals surface area contributed by atoms with Crippen molar-refractivity contribution in [2.45, 2.75) is 30.5 Å². The molecule has 0 radical (unpaired) electrons.